The van der Waals surface area contributed by atoms with Crippen molar-refractivity contribution < 1.29 is 4.79 Å². The Hall–Kier alpha value is -2.38. The molecule has 1 aliphatic rings. The second-order valence-corrected chi connectivity index (χ2v) is 7.43. The molecule has 8 heteroatoms. The molecule has 1 aromatic heterocycles. The molecule has 7 nitrogen and oxygen atoms in total. The Morgan fingerprint density at radius 1 is 1.41 bits per heavy atom. The number of nitrogens with two attached hydrogens (primary N) is 1. The third-order valence-corrected chi connectivity index (χ3v) is 5.48. The van der Waals surface area contributed by atoms with Crippen LogP contribution in [0.15, 0.2) is 24.4 Å². The highest BCUT2D eigenvalue weighted by atomic mass is 35.5. The summed E-state index contributed by atoms with van der Waals surface area (Å²) in [5.41, 5.74) is 8.39. The number of aryl methyl sites for hydroxylation is 2. The number of hydrogen-bond acceptors (Lipinski definition) is 5. The average molecular weight is 389 g/mol. The van der Waals surface area contributed by atoms with E-state index in [0.29, 0.717) is 31.3 Å². The molecule has 0 aliphatic carbocycles. The van der Waals surface area contributed by atoms with Crippen molar-refractivity contribution in [2.24, 2.45) is 0 Å². The van der Waals surface area contributed by atoms with Gasteiger partial charge in [0, 0.05) is 36.0 Å². The van der Waals surface area contributed by atoms with Crippen LogP contribution in [-0.2, 0) is 6.54 Å². The Morgan fingerprint density at radius 2 is 2.11 bits per heavy atom. The summed E-state index contributed by atoms with van der Waals surface area (Å²) in [5.74, 6) is 1.15. The largest absolute Gasteiger partial charge is 0.384 e. The maximum absolute atomic E-state index is 12.6. The van der Waals surface area contributed by atoms with Gasteiger partial charge in [-0.1, -0.05) is 11.6 Å². The fourth-order valence-corrected chi connectivity index (χ4v) is 3.46. The number of rotatable bonds is 4. The number of carbonyl (C=O) groups excluding carboxylic acids is 1. The summed E-state index contributed by atoms with van der Waals surface area (Å²) >= 11 is 6.20. The number of urea groups is 1. The van der Waals surface area contributed by atoms with Crippen LogP contribution >= 0.6 is 11.6 Å². The van der Waals surface area contributed by atoms with E-state index in [0.717, 1.165) is 28.3 Å². The Bertz CT molecular complexity index is 820. The molecule has 1 unspecified atom stereocenters. The summed E-state index contributed by atoms with van der Waals surface area (Å²) in [7, 11) is 2.02. The molecule has 144 valence electrons. The van der Waals surface area contributed by atoms with Gasteiger partial charge in [-0.3, -0.25) is 4.90 Å². The van der Waals surface area contributed by atoms with E-state index in [1.165, 1.54) is 0 Å². The highest BCUT2D eigenvalue weighted by Crippen LogP contribution is 2.25. The first-order chi connectivity index (χ1) is 12.8. The third-order valence-electron chi connectivity index (χ3n) is 4.88. The van der Waals surface area contributed by atoms with Crippen molar-refractivity contribution in [1.82, 2.24) is 19.8 Å². The van der Waals surface area contributed by atoms with E-state index in [9.17, 15) is 4.79 Å². The molecule has 1 aromatic carbocycles. The van der Waals surface area contributed by atoms with E-state index in [1.54, 1.807) is 12.3 Å². The van der Waals surface area contributed by atoms with Crippen LogP contribution < -0.4 is 11.1 Å². The Labute approximate surface area is 164 Å². The van der Waals surface area contributed by atoms with E-state index in [2.05, 4.69) is 20.2 Å². The molecule has 1 fully saturated rings. The van der Waals surface area contributed by atoms with Gasteiger partial charge in [0.05, 0.1) is 6.54 Å². The van der Waals surface area contributed by atoms with Crippen molar-refractivity contribution in [3.05, 3.63) is 46.4 Å². The van der Waals surface area contributed by atoms with E-state index in [4.69, 9.17) is 17.3 Å². The minimum Gasteiger partial charge on any atom is -0.384 e. The lowest BCUT2D eigenvalue weighted by atomic mass is 10.1. The lowest BCUT2D eigenvalue weighted by Crippen LogP contribution is -2.38. The SMILES string of the molecule is Cc1cc(NC(=O)N2CCC(N(C)Cc3nccc(N)n3)C2)cc(C)c1Cl. The maximum atomic E-state index is 12.6. The summed E-state index contributed by atoms with van der Waals surface area (Å²) < 4.78 is 0. The van der Waals surface area contributed by atoms with Crippen LogP contribution in [0.3, 0.4) is 0 Å². The molecule has 0 spiro atoms. The molecule has 1 saturated heterocycles. The van der Waals surface area contributed by atoms with Crippen LogP contribution in [0.25, 0.3) is 0 Å². The van der Waals surface area contributed by atoms with Crippen LogP contribution in [0.4, 0.5) is 16.3 Å². The summed E-state index contributed by atoms with van der Waals surface area (Å²) in [4.78, 5) is 25.1. The number of anilines is 2. The van der Waals surface area contributed by atoms with Gasteiger partial charge in [-0.2, -0.15) is 0 Å². The standard InChI is InChI=1S/C19H25ClN6O/c1-12-8-14(9-13(2)18(12)20)23-19(27)26-7-5-15(10-26)25(3)11-17-22-6-4-16(21)24-17/h4,6,8-9,15H,5,7,10-11H2,1-3H3,(H,23,27)(H2,21,22,24). The smallest absolute Gasteiger partial charge is 0.321 e. The first kappa shape index (κ1) is 19.4. The van der Waals surface area contributed by atoms with Crippen molar-refractivity contribution in [2.45, 2.75) is 32.9 Å². The van der Waals surface area contributed by atoms with Gasteiger partial charge < -0.3 is 16.0 Å². The van der Waals surface area contributed by atoms with E-state index >= 15 is 0 Å². The van der Waals surface area contributed by atoms with Crippen LogP contribution in [0.1, 0.15) is 23.4 Å². The zero-order valence-corrected chi connectivity index (χ0v) is 16.6. The predicted molar refractivity (Wildman–Crippen MR) is 108 cm³/mol. The van der Waals surface area contributed by atoms with Crippen LogP contribution in [0, 0.1) is 13.8 Å². The molecule has 0 saturated carbocycles. The molecular weight excluding hydrogens is 364 g/mol. The van der Waals surface area contributed by atoms with E-state index in [-0.39, 0.29) is 12.1 Å². The Balaban J connectivity index is 1.57. The second-order valence-electron chi connectivity index (χ2n) is 7.06. The zero-order valence-electron chi connectivity index (χ0n) is 15.9. The minimum atomic E-state index is -0.0905. The van der Waals surface area contributed by atoms with Crippen molar-refractivity contribution in [2.75, 3.05) is 31.2 Å². The number of likely N-dealkylation sites (tertiary alicyclic amines) is 1. The number of halogens is 1. The number of hydrogen-bond donors (Lipinski definition) is 2. The summed E-state index contributed by atoms with van der Waals surface area (Å²) in [6, 6.07) is 5.63. The fourth-order valence-electron chi connectivity index (χ4n) is 3.35. The van der Waals surface area contributed by atoms with Crippen LogP contribution in [-0.4, -0.2) is 52.0 Å². The topological polar surface area (TPSA) is 87.4 Å². The molecule has 27 heavy (non-hydrogen) atoms. The van der Waals surface area contributed by atoms with Gasteiger partial charge >= 0.3 is 6.03 Å². The second kappa shape index (κ2) is 8.10. The van der Waals surface area contributed by atoms with E-state index in [1.807, 2.05) is 37.9 Å². The van der Waals surface area contributed by atoms with Gasteiger partial charge in [0.15, 0.2) is 0 Å². The van der Waals surface area contributed by atoms with Gasteiger partial charge in [-0.15, -0.1) is 0 Å². The monoisotopic (exact) mass is 388 g/mol. The first-order valence-corrected chi connectivity index (χ1v) is 9.31. The molecule has 2 aromatic rings. The normalized spacial score (nSPS) is 16.8. The van der Waals surface area contributed by atoms with Crippen LogP contribution in [0.5, 0.6) is 0 Å². The predicted octanol–water partition coefficient (Wildman–Crippen LogP) is 3.07. The number of amides is 2. The van der Waals surface area contributed by atoms with Gasteiger partial charge in [-0.25, -0.2) is 14.8 Å². The number of likely N-dealkylation sites (N-methyl/N-ethyl adjacent to an activating group) is 1. The molecule has 0 radical (unpaired) electrons. The molecule has 3 N–H and O–H groups in total. The number of nitrogen functional groups attached to an aromatic ring is 1. The van der Waals surface area contributed by atoms with Crippen molar-refractivity contribution >= 4 is 29.1 Å². The molecular formula is C19H25ClN6O. The van der Waals surface area contributed by atoms with Gasteiger partial charge in [0.2, 0.25) is 0 Å². The number of aromatic nitrogens is 2. The Kier molecular flexibility index (Phi) is 5.82. The first-order valence-electron chi connectivity index (χ1n) is 8.94. The Morgan fingerprint density at radius 3 is 2.78 bits per heavy atom. The quantitative estimate of drug-likeness (QED) is 0.840. The lowest BCUT2D eigenvalue weighted by Gasteiger charge is -2.24. The van der Waals surface area contributed by atoms with Crippen molar-refractivity contribution in [3.8, 4) is 0 Å². The highest BCUT2D eigenvalue weighted by Gasteiger charge is 2.29. The van der Waals surface area contributed by atoms with Crippen molar-refractivity contribution in [1.29, 1.82) is 0 Å². The van der Waals surface area contributed by atoms with Gasteiger partial charge in [0.25, 0.3) is 0 Å². The van der Waals surface area contributed by atoms with Crippen LogP contribution in [0.2, 0.25) is 5.02 Å². The summed E-state index contributed by atoms with van der Waals surface area (Å²) in [5, 5.41) is 3.71. The van der Waals surface area contributed by atoms with Gasteiger partial charge in [-0.05, 0) is 56.6 Å². The summed E-state index contributed by atoms with van der Waals surface area (Å²) in [6.07, 6.45) is 2.57. The zero-order chi connectivity index (χ0) is 19.6. The van der Waals surface area contributed by atoms with Gasteiger partial charge in [0.1, 0.15) is 11.6 Å². The lowest BCUT2D eigenvalue weighted by molar-refractivity contribution is 0.206. The third kappa shape index (κ3) is 4.67. The number of nitrogens with zero attached hydrogens (tertiary/aromatic N) is 4. The molecule has 3 rings (SSSR count). The summed E-state index contributed by atoms with van der Waals surface area (Å²) in [6.45, 7) is 5.84. The van der Waals surface area contributed by atoms with E-state index < -0.39 is 0 Å². The highest BCUT2D eigenvalue weighted by molar-refractivity contribution is 6.32. The minimum absolute atomic E-state index is 0.0905. The molecule has 2 amide bonds. The number of benzene rings is 1. The average Bonchev–Trinajstić information content (AvgIpc) is 3.10. The molecule has 1 aliphatic heterocycles. The van der Waals surface area contributed by atoms with Crippen molar-refractivity contribution in [3.63, 3.8) is 0 Å². The fraction of sp³-hybridized carbons (Fsp3) is 0.421. The molecule has 1 atom stereocenters. The molecule has 0 bridgehead atoms. The number of carbonyl (C=O) groups is 1. The molecule has 2 heterocycles. The maximum Gasteiger partial charge on any atom is 0.321 e. The number of nitrogens with one attached hydrogen (secondary N) is 1.